The third-order valence-corrected chi connectivity index (χ3v) is 1.78. The van der Waals surface area contributed by atoms with Gasteiger partial charge in [0.2, 0.25) is 5.91 Å². The number of unbranched alkanes of at least 4 members (excludes halogenated alkanes) is 1. The molecule has 0 unspecified atom stereocenters. The molecule has 13 heavy (non-hydrogen) atoms. The molecule has 0 spiro atoms. The Balaban J connectivity index is 3.93. The molecule has 0 heterocycles. The zero-order valence-corrected chi connectivity index (χ0v) is 8.16. The maximum atomic E-state index is 11.2. The molecule has 0 saturated heterocycles. The van der Waals surface area contributed by atoms with E-state index < -0.39 is 0 Å². The second kappa shape index (κ2) is 7.53. The Kier molecular flexibility index (Phi) is 6.88. The van der Waals surface area contributed by atoms with Crippen LogP contribution in [-0.2, 0) is 9.59 Å². The molecule has 1 amide bonds. The van der Waals surface area contributed by atoms with Crippen LogP contribution in [0, 0.1) is 0 Å². The van der Waals surface area contributed by atoms with Gasteiger partial charge in [0, 0.05) is 19.5 Å². The summed E-state index contributed by atoms with van der Waals surface area (Å²) in [5.41, 5.74) is 0. The number of hydrogen-bond donors (Lipinski definition) is 0. The molecule has 0 aliphatic carbocycles. The quantitative estimate of drug-likeness (QED) is 0.442. The molecule has 0 aromatic heterocycles. The van der Waals surface area contributed by atoms with Gasteiger partial charge < -0.3 is 9.69 Å². The molecule has 0 bridgehead atoms. The summed E-state index contributed by atoms with van der Waals surface area (Å²) in [5.74, 6) is -0.0877. The minimum atomic E-state index is -0.0877. The molecular formula is C10H17NO2. The Bertz CT molecular complexity index is 178. The van der Waals surface area contributed by atoms with Crippen LogP contribution in [-0.4, -0.2) is 30.2 Å². The van der Waals surface area contributed by atoms with Gasteiger partial charge in [-0.25, -0.2) is 0 Å². The SMILES string of the molecule is C=CC(=O)N(CCC=O)CCCC. The number of amides is 1. The lowest BCUT2D eigenvalue weighted by Crippen LogP contribution is -2.31. The van der Waals surface area contributed by atoms with Gasteiger partial charge in [-0.2, -0.15) is 0 Å². The average molecular weight is 183 g/mol. The molecule has 0 saturated carbocycles. The minimum absolute atomic E-state index is 0.0877. The molecule has 0 aliphatic heterocycles. The topological polar surface area (TPSA) is 37.4 Å². The van der Waals surface area contributed by atoms with Crippen molar-refractivity contribution in [2.24, 2.45) is 0 Å². The van der Waals surface area contributed by atoms with Crippen molar-refractivity contribution < 1.29 is 9.59 Å². The zero-order chi connectivity index (χ0) is 10.1. The molecule has 3 heteroatoms. The van der Waals surface area contributed by atoms with Crippen LogP contribution in [0.4, 0.5) is 0 Å². The Hall–Kier alpha value is -1.12. The molecule has 0 N–H and O–H groups in total. The molecule has 74 valence electrons. The molecule has 0 aromatic carbocycles. The van der Waals surface area contributed by atoms with Crippen LogP contribution >= 0.6 is 0 Å². The van der Waals surface area contributed by atoms with E-state index in [0.29, 0.717) is 13.0 Å². The van der Waals surface area contributed by atoms with Crippen molar-refractivity contribution in [3.63, 3.8) is 0 Å². The van der Waals surface area contributed by atoms with E-state index in [9.17, 15) is 9.59 Å². The highest BCUT2D eigenvalue weighted by Gasteiger charge is 2.07. The number of aldehydes is 1. The highest BCUT2D eigenvalue weighted by atomic mass is 16.2. The van der Waals surface area contributed by atoms with Crippen molar-refractivity contribution in [3.05, 3.63) is 12.7 Å². The summed E-state index contributed by atoms with van der Waals surface area (Å²) in [5, 5.41) is 0. The highest BCUT2D eigenvalue weighted by molar-refractivity contribution is 5.87. The van der Waals surface area contributed by atoms with Gasteiger partial charge in [-0.3, -0.25) is 4.79 Å². The number of nitrogens with zero attached hydrogens (tertiary/aromatic N) is 1. The summed E-state index contributed by atoms with van der Waals surface area (Å²) in [6.45, 7) is 6.71. The normalized spacial score (nSPS) is 9.31. The smallest absolute Gasteiger partial charge is 0.245 e. The van der Waals surface area contributed by atoms with Crippen LogP contribution in [0.25, 0.3) is 0 Å². The maximum absolute atomic E-state index is 11.2. The Morgan fingerprint density at radius 2 is 2.15 bits per heavy atom. The lowest BCUT2D eigenvalue weighted by molar-refractivity contribution is -0.126. The van der Waals surface area contributed by atoms with Crippen molar-refractivity contribution in [2.45, 2.75) is 26.2 Å². The van der Waals surface area contributed by atoms with Crippen molar-refractivity contribution in [3.8, 4) is 0 Å². The van der Waals surface area contributed by atoms with E-state index in [2.05, 4.69) is 13.5 Å². The van der Waals surface area contributed by atoms with Crippen LogP contribution in [0.1, 0.15) is 26.2 Å². The van der Waals surface area contributed by atoms with E-state index in [1.165, 1.54) is 6.08 Å². The molecule has 3 nitrogen and oxygen atoms in total. The first kappa shape index (κ1) is 11.9. The van der Waals surface area contributed by atoms with E-state index in [4.69, 9.17) is 0 Å². The summed E-state index contributed by atoms with van der Waals surface area (Å²) in [6, 6.07) is 0. The molecule has 0 fully saturated rings. The summed E-state index contributed by atoms with van der Waals surface area (Å²) >= 11 is 0. The van der Waals surface area contributed by atoms with Gasteiger partial charge in [-0.15, -0.1) is 0 Å². The number of carbonyl (C=O) groups excluding carboxylic acids is 2. The fourth-order valence-electron chi connectivity index (χ4n) is 1.02. The lowest BCUT2D eigenvalue weighted by Gasteiger charge is -2.19. The van der Waals surface area contributed by atoms with Crippen molar-refractivity contribution in [1.82, 2.24) is 4.90 Å². The van der Waals surface area contributed by atoms with E-state index in [0.717, 1.165) is 25.7 Å². The summed E-state index contributed by atoms with van der Waals surface area (Å²) in [4.78, 5) is 23.0. The summed E-state index contributed by atoms with van der Waals surface area (Å²) in [7, 11) is 0. The Morgan fingerprint density at radius 1 is 1.46 bits per heavy atom. The molecule has 0 radical (unpaired) electrons. The predicted octanol–water partition coefficient (Wildman–Crippen LogP) is 1.39. The van der Waals surface area contributed by atoms with E-state index in [1.807, 2.05) is 0 Å². The Labute approximate surface area is 79.4 Å². The maximum Gasteiger partial charge on any atom is 0.245 e. The van der Waals surface area contributed by atoms with Crippen LogP contribution in [0.2, 0.25) is 0 Å². The highest BCUT2D eigenvalue weighted by Crippen LogP contribution is 1.97. The molecule has 0 aromatic rings. The van der Waals surface area contributed by atoms with Gasteiger partial charge in [0.15, 0.2) is 0 Å². The van der Waals surface area contributed by atoms with E-state index in [1.54, 1.807) is 4.90 Å². The monoisotopic (exact) mass is 183 g/mol. The third-order valence-electron chi connectivity index (χ3n) is 1.78. The number of rotatable bonds is 7. The van der Waals surface area contributed by atoms with Crippen molar-refractivity contribution in [2.75, 3.05) is 13.1 Å². The molecule has 0 atom stereocenters. The van der Waals surface area contributed by atoms with Gasteiger partial charge in [0.05, 0.1) is 0 Å². The second-order valence-corrected chi connectivity index (χ2v) is 2.84. The second-order valence-electron chi connectivity index (χ2n) is 2.84. The Morgan fingerprint density at radius 3 is 2.62 bits per heavy atom. The van der Waals surface area contributed by atoms with Gasteiger partial charge >= 0.3 is 0 Å². The number of carbonyl (C=O) groups is 2. The average Bonchev–Trinajstić information content (AvgIpc) is 2.17. The number of hydrogen-bond acceptors (Lipinski definition) is 2. The minimum Gasteiger partial charge on any atom is -0.339 e. The van der Waals surface area contributed by atoms with Gasteiger partial charge in [-0.05, 0) is 12.5 Å². The molecule has 0 aliphatic rings. The first-order valence-electron chi connectivity index (χ1n) is 4.61. The first-order chi connectivity index (χ1) is 6.26. The van der Waals surface area contributed by atoms with Crippen LogP contribution in [0.5, 0.6) is 0 Å². The van der Waals surface area contributed by atoms with Crippen LogP contribution in [0.3, 0.4) is 0 Å². The fourth-order valence-corrected chi connectivity index (χ4v) is 1.02. The predicted molar refractivity (Wildman–Crippen MR) is 52.4 cm³/mol. The largest absolute Gasteiger partial charge is 0.339 e. The standard InChI is InChI=1S/C10H17NO2/c1-3-5-7-11(8-6-9-12)10(13)4-2/h4,9H,2-3,5-8H2,1H3. The lowest BCUT2D eigenvalue weighted by atomic mass is 10.3. The third kappa shape index (κ3) is 5.17. The fraction of sp³-hybridized carbons (Fsp3) is 0.600. The summed E-state index contributed by atoms with van der Waals surface area (Å²) in [6.07, 6.45) is 4.54. The van der Waals surface area contributed by atoms with Gasteiger partial charge in [0.1, 0.15) is 6.29 Å². The first-order valence-corrected chi connectivity index (χ1v) is 4.61. The van der Waals surface area contributed by atoms with Crippen LogP contribution < -0.4 is 0 Å². The van der Waals surface area contributed by atoms with Crippen molar-refractivity contribution >= 4 is 12.2 Å². The van der Waals surface area contributed by atoms with Gasteiger partial charge in [0.25, 0.3) is 0 Å². The van der Waals surface area contributed by atoms with E-state index >= 15 is 0 Å². The zero-order valence-electron chi connectivity index (χ0n) is 8.16. The van der Waals surface area contributed by atoms with E-state index in [-0.39, 0.29) is 5.91 Å². The van der Waals surface area contributed by atoms with Gasteiger partial charge in [-0.1, -0.05) is 19.9 Å². The van der Waals surface area contributed by atoms with Crippen LogP contribution in [0.15, 0.2) is 12.7 Å². The molecule has 0 rings (SSSR count). The van der Waals surface area contributed by atoms with Crippen molar-refractivity contribution in [1.29, 1.82) is 0 Å². The molecular weight excluding hydrogens is 166 g/mol. The summed E-state index contributed by atoms with van der Waals surface area (Å²) < 4.78 is 0.